The minimum atomic E-state index is -0.695. The second-order valence-electron chi connectivity index (χ2n) is 8.30. The molecule has 0 aromatic heterocycles. The molecule has 0 saturated heterocycles. The van der Waals surface area contributed by atoms with Crippen molar-refractivity contribution in [2.24, 2.45) is 0 Å². The maximum atomic E-state index is 13.4. The Hall–Kier alpha value is -1.46. The molecule has 0 aliphatic carbocycles. The van der Waals surface area contributed by atoms with Crippen LogP contribution in [0.3, 0.4) is 0 Å². The Balaban J connectivity index is 2.42. The average molecular weight is 504 g/mol. The van der Waals surface area contributed by atoms with Crippen molar-refractivity contribution in [3.63, 3.8) is 0 Å². The quantitative estimate of drug-likeness (QED) is 0.464. The zero-order chi connectivity index (χ0) is 23.3. The van der Waals surface area contributed by atoms with Gasteiger partial charge in [-0.25, -0.2) is 0 Å². The number of hydrogen-bond acceptors (Lipinski definition) is 2. The summed E-state index contributed by atoms with van der Waals surface area (Å²) in [4.78, 5) is 28.0. The first kappa shape index (κ1) is 25.8. The van der Waals surface area contributed by atoms with Gasteiger partial charge in [-0.1, -0.05) is 65.5 Å². The molecule has 31 heavy (non-hydrogen) atoms. The Morgan fingerprint density at radius 3 is 2.13 bits per heavy atom. The van der Waals surface area contributed by atoms with Gasteiger partial charge in [0, 0.05) is 32.2 Å². The summed E-state index contributed by atoms with van der Waals surface area (Å²) in [7, 11) is 0. The minimum Gasteiger partial charge on any atom is -0.350 e. The van der Waals surface area contributed by atoms with E-state index in [1.165, 1.54) is 4.90 Å². The molecule has 2 aromatic carbocycles. The topological polar surface area (TPSA) is 49.4 Å². The molecule has 0 heterocycles. The number of nitrogens with zero attached hydrogens (tertiary/aromatic N) is 1. The zero-order valence-electron chi connectivity index (χ0n) is 17.9. The van der Waals surface area contributed by atoms with Gasteiger partial charge in [0.1, 0.15) is 6.04 Å². The predicted molar refractivity (Wildman–Crippen MR) is 129 cm³/mol. The molecule has 0 saturated carbocycles. The Morgan fingerprint density at radius 1 is 1.00 bits per heavy atom. The van der Waals surface area contributed by atoms with Crippen molar-refractivity contribution >= 4 is 58.2 Å². The van der Waals surface area contributed by atoms with E-state index in [4.69, 9.17) is 46.4 Å². The van der Waals surface area contributed by atoms with Crippen LogP contribution in [0.15, 0.2) is 36.4 Å². The molecule has 1 atom stereocenters. The molecular weight excluding hydrogens is 478 g/mol. The highest BCUT2D eigenvalue weighted by Crippen LogP contribution is 2.28. The van der Waals surface area contributed by atoms with Gasteiger partial charge in [-0.15, -0.1) is 0 Å². The third-order valence-corrected chi connectivity index (χ3v) is 5.92. The van der Waals surface area contributed by atoms with Crippen molar-refractivity contribution in [2.45, 2.75) is 58.7 Å². The molecule has 168 valence electrons. The third kappa shape index (κ3) is 7.28. The summed E-state index contributed by atoms with van der Waals surface area (Å²) in [6.45, 7) is 7.68. The average Bonchev–Trinajstić information content (AvgIpc) is 2.64. The molecule has 0 bridgehead atoms. The number of benzene rings is 2. The molecule has 0 fully saturated rings. The maximum absolute atomic E-state index is 13.4. The second-order valence-corrected chi connectivity index (χ2v) is 9.96. The summed E-state index contributed by atoms with van der Waals surface area (Å²) in [5.41, 5.74) is 0.768. The van der Waals surface area contributed by atoms with Gasteiger partial charge in [0.2, 0.25) is 11.8 Å². The summed E-state index contributed by atoms with van der Waals surface area (Å²) < 4.78 is 0. The van der Waals surface area contributed by atoms with Gasteiger partial charge < -0.3 is 10.2 Å². The summed E-state index contributed by atoms with van der Waals surface area (Å²) in [6, 6.07) is 9.45. The van der Waals surface area contributed by atoms with E-state index in [-0.39, 0.29) is 24.8 Å². The van der Waals surface area contributed by atoms with Crippen LogP contribution in [0.2, 0.25) is 20.1 Å². The van der Waals surface area contributed by atoms with Crippen LogP contribution in [0.5, 0.6) is 0 Å². The lowest BCUT2D eigenvalue weighted by atomic mass is 10.0. The molecule has 0 unspecified atom stereocenters. The highest BCUT2D eigenvalue weighted by molar-refractivity contribution is 6.36. The van der Waals surface area contributed by atoms with E-state index in [0.717, 1.165) is 0 Å². The fourth-order valence-corrected chi connectivity index (χ4v) is 4.16. The summed E-state index contributed by atoms with van der Waals surface area (Å²) >= 11 is 24.9. The molecule has 0 aliphatic heterocycles. The highest BCUT2D eigenvalue weighted by Gasteiger charge is 2.31. The first-order valence-electron chi connectivity index (χ1n) is 9.91. The van der Waals surface area contributed by atoms with Crippen LogP contribution in [0, 0.1) is 0 Å². The van der Waals surface area contributed by atoms with Gasteiger partial charge in [0.25, 0.3) is 0 Å². The van der Waals surface area contributed by atoms with Gasteiger partial charge in [0.05, 0.1) is 6.42 Å². The second kappa shape index (κ2) is 10.9. The van der Waals surface area contributed by atoms with Gasteiger partial charge in [0.15, 0.2) is 0 Å². The Morgan fingerprint density at radius 2 is 1.61 bits per heavy atom. The molecule has 2 aromatic rings. The van der Waals surface area contributed by atoms with Crippen LogP contribution in [0.1, 0.15) is 45.2 Å². The van der Waals surface area contributed by atoms with Crippen LogP contribution in [-0.4, -0.2) is 28.3 Å². The lowest BCUT2D eigenvalue weighted by Crippen LogP contribution is -2.53. The van der Waals surface area contributed by atoms with Crippen molar-refractivity contribution in [1.82, 2.24) is 10.2 Å². The van der Waals surface area contributed by atoms with Crippen LogP contribution in [0.4, 0.5) is 0 Å². The van der Waals surface area contributed by atoms with Crippen molar-refractivity contribution < 1.29 is 9.59 Å². The minimum absolute atomic E-state index is 0.0387. The molecule has 1 N–H and O–H groups in total. The van der Waals surface area contributed by atoms with Gasteiger partial charge in [-0.05, 0) is 62.6 Å². The van der Waals surface area contributed by atoms with Crippen molar-refractivity contribution in [3.05, 3.63) is 67.6 Å². The smallest absolute Gasteiger partial charge is 0.243 e. The fourth-order valence-electron chi connectivity index (χ4n) is 3.16. The van der Waals surface area contributed by atoms with E-state index in [2.05, 4.69) is 5.32 Å². The summed E-state index contributed by atoms with van der Waals surface area (Å²) in [5, 5.41) is 4.68. The Labute approximate surface area is 203 Å². The van der Waals surface area contributed by atoms with Crippen LogP contribution in [-0.2, 0) is 22.6 Å². The molecule has 0 aliphatic rings. The van der Waals surface area contributed by atoms with Crippen LogP contribution < -0.4 is 5.32 Å². The standard InChI is InChI=1S/C23H26Cl4N2O2/c1-5-20(22(31)28-23(2,3)4)29(13-14-9-10-15(24)11-19(14)27)21(30)12-16-17(25)7-6-8-18(16)26/h6-11,20H,5,12-13H2,1-4H3,(H,28,31)/t20-/m1/s1. The molecule has 2 rings (SSSR count). The van der Waals surface area contributed by atoms with E-state index in [1.807, 2.05) is 27.7 Å². The molecular formula is C23H26Cl4N2O2. The lowest BCUT2D eigenvalue weighted by Gasteiger charge is -2.33. The van der Waals surface area contributed by atoms with Gasteiger partial charge in [-0.3, -0.25) is 9.59 Å². The molecule has 2 amide bonds. The van der Waals surface area contributed by atoms with Crippen LogP contribution >= 0.6 is 46.4 Å². The molecule has 0 spiro atoms. The van der Waals surface area contributed by atoms with Crippen LogP contribution in [0.25, 0.3) is 0 Å². The van der Waals surface area contributed by atoms with Crippen molar-refractivity contribution in [1.29, 1.82) is 0 Å². The number of hydrogen-bond donors (Lipinski definition) is 1. The fraction of sp³-hybridized carbons (Fsp3) is 0.391. The predicted octanol–water partition coefficient (Wildman–Crippen LogP) is 6.56. The van der Waals surface area contributed by atoms with E-state index >= 15 is 0 Å². The number of rotatable bonds is 7. The van der Waals surface area contributed by atoms with E-state index in [9.17, 15) is 9.59 Å². The number of carbonyl (C=O) groups excluding carboxylic acids is 2. The first-order valence-corrected chi connectivity index (χ1v) is 11.4. The van der Waals surface area contributed by atoms with Crippen molar-refractivity contribution in [3.8, 4) is 0 Å². The van der Waals surface area contributed by atoms with Crippen molar-refractivity contribution in [2.75, 3.05) is 0 Å². The van der Waals surface area contributed by atoms with Gasteiger partial charge >= 0.3 is 0 Å². The normalized spacial score (nSPS) is 12.4. The molecule has 0 radical (unpaired) electrons. The zero-order valence-corrected chi connectivity index (χ0v) is 21.0. The third-order valence-electron chi connectivity index (χ3n) is 4.63. The SMILES string of the molecule is CC[C@H](C(=O)NC(C)(C)C)N(Cc1ccc(Cl)cc1Cl)C(=O)Cc1c(Cl)cccc1Cl. The number of nitrogens with one attached hydrogen (secondary N) is 1. The van der Waals surface area contributed by atoms with E-state index < -0.39 is 11.6 Å². The Kier molecular flexibility index (Phi) is 9.08. The van der Waals surface area contributed by atoms with E-state index in [1.54, 1.807) is 36.4 Å². The lowest BCUT2D eigenvalue weighted by molar-refractivity contribution is -0.141. The monoisotopic (exact) mass is 502 g/mol. The number of amides is 2. The number of carbonyl (C=O) groups is 2. The highest BCUT2D eigenvalue weighted by atomic mass is 35.5. The van der Waals surface area contributed by atoms with E-state index in [0.29, 0.717) is 37.6 Å². The summed E-state index contributed by atoms with van der Waals surface area (Å²) in [5.74, 6) is -0.518. The number of halogens is 4. The summed E-state index contributed by atoms with van der Waals surface area (Å²) in [6.07, 6.45) is 0.387. The largest absolute Gasteiger partial charge is 0.350 e. The maximum Gasteiger partial charge on any atom is 0.243 e. The molecule has 4 nitrogen and oxygen atoms in total. The van der Waals surface area contributed by atoms with Gasteiger partial charge in [-0.2, -0.15) is 0 Å². The molecule has 8 heteroatoms. The first-order chi connectivity index (χ1) is 14.4. The Bertz CT molecular complexity index is 937.